The molecule has 0 unspecified atom stereocenters. The van der Waals surface area contributed by atoms with Crippen molar-refractivity contribution < 1.29 is 17.9 Å². The van der Waals surface area contributed by atoms with Crippen LogP contribution in [0.25, 0.3) is 10.9 Å². The highest BCUT2D eigenvalue weighted by atomic mass is 35.5. The monoisotopic (exact) mass is 557 g/mol. The Morgan fingerprint density at radius 1 is 0.872 bits per heavy atom. The van der Waals surface area contributed by atoms with Gasteiger partial charge in [-0.25, -0.2) is 13.2 Å². The molecule has 39 heavy (non-hydrogen) atoms. The third-order valence-electron chi connectivity index (χ3n) is 7.09. The predicted molar refractivity (Wildman–Crippen MR) is 155 cm³/mol. The van der Waals surface area contributed by atoms with Crippen LogP contribution in [-0.2, 0) is 21.0 Å². The summed E-state index contributed by atoms with van der Waals surface area (Å²) in [6.07, 6.45) is 0.328. The van der Waals surface area contributed by atoms with Gasteiger partial charge in [-0.3, -0.25) is 0 Å². The van der Waals surface area contributed by atoms with Crippen molar-refractivity contribution in [2.45, 2.75) is 24.3 Å². The fourth-order valence-electron chi connectivity index (χ4n) is 5.16. The van der Waals surface area contributed by atoms with Gasteiger partial charge in [0.15, 0.2) is 9.84 Å². The van der Waals surface area contributed by atoms with Crippen LogP contribution >= 0.6 is 11.6 Å². The molecule has 0 aliphatic carbocycles. The number of nitrogens with zero attached hydrogens (tertiary/aromatic N) is 1. The molecule has 0 bridgehead atoms. The van der Waals surface area contributed by atoms with Crippen molar-refractivity contribution in [1.29, 1.82) is 0 Å². The Kier molecular flexibility index (Phi) is 7.60. The molecule has 0 saturated heterocycles. The molecule has 0 N–H and O–H groups in total. The van der Waals surface area contributed by atoms with Gasteiger partial charge in [-0.1, -0.05) is 78.3 Å². The van der Waals surface area contributed by atoms with Crippen LogP contribution in [0.1, 0.15) is 38.8 Å². The molecule has 0 fully saturated rings. The second-order valence-electron chi connectivity index (χ2n) is 9.40. The maximum absolute atomic E-state index is 13.3. The van der Waals surface area contributed by atoms with E-state index in [1.807, 2.05) is 61.5 Å². The first-order valence-electron chi connectivity index (χ1n) is 12.6. The first kappa shape index (κ1) is 26.7. The Morgan fingerprint density at radius 3 is 2.03 bits per heavy atom. The van der Waals surface area contributed by atoms with Gasteiger partial charge in [0, 0.05) is 16.1 Å². The molecule has 5 nitrogen and oxygen atoms in total. The highest BCUT2D eigenvalue weighted by Gasteiger charge is 2.25. The minimum Gasteiger partial charge on any atom is -0.465 e. The van der Waals surface area contributed by atoms with E-state index >= 15 is 0 Å². The average molecular weight is 558 g/mol. The quantitative estimate of drug-likeness (QED) is 0.192. The van der Waals surface area contributed by atoms with Crippen LogP contribution in [-0.4, -0.2) is 31.8 Å². The molecule has 5 aromatic rings. The number of halogens is 1. The summed E-state index contributed by atoms with van der Waals surface area (Å²) in [4.78, 5) is 11.9. The molecule has 0 radical (unpaired) electrons. The summed E-state index contributed by atoms with van der Waals surface area (Å²) in [5, 5.41) is 1.59. The average Bonchev–Trinajstić information content (AvgIpc) is 3.23. The van der Waals surface area contributed by atoms with E-state index in [0.29, 0.717) is 17.0 Å². The molecule has 0 spiro atoms. The Balaban J connectivity index is 1.58. The van der Waals surface area contributed by atoms with Crippen molar-refractivity contribution in [3.63, 3.8) is 0 Å². The van der Waals surface area contributed by atoms with E-state index in [-0.39, 0.29) is 16.7 Å². The SMILES string of the molecule is COC(=O)c1ccc(S(=O)(=O)CCc2c(C)n(C(c3ccccc3)c3ccccc3)c3cc(Cl)ccc23)cc1. The summed E-state index contributed by atoms with van der Waals surface area (Å²) in [6.45, 7) is 2.04. The molecule has 0 aliphatic heterocycles. The Hall–Kier alpha value is -3.87. The molecule has 0 atom stereocenters. The van der Waals surface area contributed by atoms with E-state index in [0.717, 1.165) is 33.3 Å². The van der Waals surface area contributed by atoms with Crippen molar-refractivity contribution in [3.8, 4) is 0 Å². The first-order chi connectivity index (χ1) is 18.8. The summed E-state index contributed by atoms with van der Waals surface area (Å²) in [6, 6.07) is 32.0. The molecule has 1 aromatic heterocycles. The normalized spacial score (nSPS) is 11.7. The van der Waals surface area contributed by atoms with E-state index < -0.39 is 15.8 Å². The van der Waals surface area contributed by atoms with Crippen molar-refractivity contribution >= 4 is 38.3 Å². The number of sulfone groups is 1. The number of carbonyl (C=O) groups is 1. The van der Waals surface area contributed by atoms with Crippen LogP contribution in [0.2, 0.25) is 5.02 Å². The molecule has 0 amide bonds. The molecule has 0 aliphatic rings. The lowest BCUT2D eigenvalue weighted by Crippen LogP contribution is -2.14. The van der Waals surface area contributed by atoms with Gasteiger partial charge in [0.25, 0.3) is 0 Å². The van der Waals surface area contributed by atoms with E-state index in [1.165, 1.54) is 31.4 Å². The Morgan fingerprint density at radius 2 is 1.46 bits per heavy atom. The number of ether oxygens (including phenoxy) is 1. The van der Waals surface area contributed by atoms with Crippen LogP contribution in [0.15, 0.2) is 108 Å². The molecule has 7 heteroatoms. The van der Waals surface area contributed by atoms with Gasteiger partial charge in [0.1, 0.15) is 0 Å². The largest absolute Gasteiger partial charge is 0.465 e. The number of rotatable bonds is 8. The smallest absolute Gasteiger partial charge is 0.337 e. The van der Waals surface area contributed by atoms with Gasteiger partial charge in [-0.05, 0) is 66.4 Å². The third-order valence-corrected chi connectivity index (χ3v) is 9.05. The van der Waals surface area contributed by atoms with Crippen LogP contribution in [0.3, 0.4) is 0 Å². The van der Waals surface area contributed by atoms with E-state index in [2.05, 4.69) is 28.8 Å². The maximum Gasteiger partial charge on any atom is 0.337 e. The van der Waals surface area contributed by atoms with Crippen LogP contribution in [0, 0.1) is 6.92 Å². The second kappa shape index (κ2) is 11.1. The first-order valence-corrected chi connectivity index (χ1v) is 14.6. The van der Waals surface area contributed by atoms with Crippen molar-refractivity contribution in [3.05, 3.63) is 136 Å². The zero-order valence-electron chi connectivity index (χ0n) is 21.7. The zero-order chi connectivity index (χ0) is 27.6. The molecule has 4 aromatic carbocycles. The minimum absolute atomic E-state index is 0.0749. The number of aryl methyl sites for hydroxylation is 1. The molecular weight excluding hydrogens is 530 g/mol. The summed E-state index contributed by atoms with van der Waals surface area (Å²) in [5.41, 5.74) is 5.45. The lowest BCUT2D eigenvalue weighted by molar-refractivity contribution is 0.0600. The number of hydrogen-bond acceptors (Lipinski definition) is 4. The number of aromatic nitrogens is 1. The summed E-state index contributed by atoms with van der Waals surface area (Å²) < 4.78 is 33.6. The highest BCUT2D eigenvalue weighted by Crippen LogP contribution is 2.37. The molecule has 0 saturated carbocycles. The lowest BCUT2D eigenvalue weighted by Gasteiger charge is -2.23. The van der Waals surface area contributed by atoms with E-state index in [9.17, 15) is 13.2 Å². The number of fused-ring (bicyclic) bond motifs is 1. The van der Waals surface area contributed by atoms with Gasteiger partial charge in [0.2, 0.25) is 0 Å². The molecule has 1 heterocycles. The van der Waals surface area contributed by atoms with Gasteiger partial charge in [0.05, 0.1) is 34.9 Å². The fraction of sp³-hybridized carbons (Fsp3) is 0.156. The van der Waals surface area contributed by atoms with Crippen LogP contribution < -0.4 is 0 Å². The van der Waals surface area contributed by atoms with Gasteiger partial charge in [-0.15, -0.1) is 0 Å². The van der Waals surface area contributed by atoms with Gasteiger partial charge >= 0.3 is 5.97 Å². The van der Waals surface area contributed by atoms with Gasteiger partial charge < -0.3 is 9.30 Å². The van der Waals surface area contributed by atoms with Crippen molar-refractivity contribution in [2.75, 3.05) is 12.9 Å². The van der Waals surface area contributed by atoms with Crippen LogP contribution in [0.5, 0.6) is 0 Å². The van der Waals surface area contributed by atoms with Crippen LogP contribution in [0.4, 0.5) is 0 Å². The lowest BCUT2D eigenvalue weighted by atomic mass is 9.98. The summed E-state index contributed by atoms with van der Waals surface area (Å²) in [5.74, 6) is -0.582. The topological polar surface area (TPSA) is 65.4 Å². The summed E-state index contributed by atoms with van der Waals surface area (Å²) >= 11 is 6.48. The molecule has 5 rings (SSSR count). The third kappa shape index (κ3) is 5.35. The minimum atomic E-state index is -3.60. The van der Waals surface area contributed by atoms with E-state index in [4.69, 9.17) is 16.3 Å². The highest BCUT2D eigenvalue weighted by molar-refractivity contribution is 7.91. The number of benzene rings is 4. The second-order valence-corrected chi connectivity index (χ2v) is 11.9. The van der Waals surface area contributed by atoms with E-state index in [1.54, 1.807) is 0 Å². The number of esters is 1. The fourth-order valence-corrected chi connectivity index (χ4v) is 6.59. The molecule has 198 valence electrons. The number of carbonyl (C=O) groups excluding carboxylic acids is 1. The van der Waals surface area contributed by atoms with Crippen molar-refractivity contribution in [2.24, 2.45) is 0 Å². The predicted octanol–water partition coefficient (Wildman–Crippen LogP) is 7.04. The Bertz CT molecular complexity index is 1690. The van der Waals surface area contributed by atoms with Gasteiger partial charge in [-0.2, -0.15) is 0 Å². The standard InChI is InChI=1S/C32H28ClNO4S/c1-22-28(19-20-39(36,37)27-16-13-25(14-17-27)32(35)38-2)29-18-15-26(33)21-30(29)34(22)31(23-9-5-3-6-10-23)24-11-7-4-8-12-24/h3-18,21,31H,19-20H2,1-2H3. The van der Waals surface area contributed by atoms with Crippen molar-refractivity contribution in [1.82, 2.24) is 4.57 Å². The number of hydrogen-bond donors (Lipinski definition) is 0. The molecular formula is C32H28ClNO4S. The zero-order valence-corrected chi connectivity index (χ0v) is 23.2. The number of methoxy groups -OCH3 is 1. The maximum atomic E-state index is 13.3. The summed E-state index contributed by atoms with van der Waals surface area (Å²) in [7, 11) is -2.31. The Labute approximate surface area is 233 Å².